The van der Waals surface area contributed by atoms with Gasteiger partial charge in [0.15, 0.2) is 0 Å². The van der Waals surface area contributed by atoms with Crippen LogP contribution in [0.3, 0.4) is 0 Å². The van der Waals surface area contributed by atoms with Crippen molar-refractivity contribution in [3.8, 4) is 0 Å². The number of aromatic nitrogens is 2. The molecule has 1 N–H and O–H groups in total. The number of aryl methyl sites for hydroxylation is 1. The predicted octanol–water partition coefficient (Wildman–Crippen LogP) is 2.37. The van der Waals surface area contributed by atoms with Crippen LogP contribution in [0.1, 0.15) is 23.8 Å². The van der Waals surface area contributed by atoms with Crippen molar-refractivity contribution in [3.63, 3.8) is 0 Å². The van der Waals surface area contributed by atoms with Crippen molar-refractivity contribution in [2.75, 3.05) is 23.3 Å². The van der Waals surface area contributed by atoms with Crippen molar-refractivity contribution >= 4 is 17.5 Å². The SMILES string of the molecule is CCN(C(=O)c1cn2c(n1)NCCC2)c1ccccc1. The number of nitrogens with one attached hydrogen (secondary N) is 1. The average molecular weight is 270 g/mol. The molecule has 0 fully saturated rings. The van der Waals surface area contributed by atoms with E-state index in [1.807, 2.05) is 48.0 Å². The van der Waals surface area contributed by atoms with E-state index in [-0.39, 0.29) is 5.91 Å². The highest BCUT2D eigenvalue weighted by atomic mass is 16.2. The summed E-state index contributed by atoms with van der Waals surface area (Å²) in [6, 6.07) is 9.70. The zero-order chi connectivity index (χ0) is 13.9. The van der Waals surface area contributed by atoms with Gasteiger partial charge in [-0.1, -0.05) is 18.2 Å². The van der Waals surface area contributed by atoms with Gasteiger partial charge >= 0.3 is 0 Å². The van der Waals surface area contributed by atoms with Crippen LogP contribution >= 0.6 is 0 Å². The molecule has 1 aromatic carbocycles. The number of fused-ring (bicyclic) bond motifs is 1. The second-order valence-electron chi connectivity index (χ2n) is 4.81. The normalized spacial score (nSPS) is 13.4. The maximum atomic E-state index is 12.6. The first-order valence-corrected chi connectivity index (χ1v) is 6.97. The van der Waals surface area contributed by atoms with Crippen molar-refractivity contribution in [2.24, 2.45) is 0 Å². The lowest BCUT2D eigenvalue weighted by Gasteiger charge is -2.19. The van der Waals surface area contributed by atoms with E-state index in [4.69, 9.17) is 0 Å². The number of para-hydroxylation sites is 1. The number of amides is 1. The summed E-state index contributed by atoms with van der Waals surface area (Å²) in [4.78, 5) is 18.8. The fraction of sp³-hybridized carbons (Fsp3) is 0.333. The second kappa shape index (κ2) is 5.36. The number of carbonyl (C=O) groups excluding carboxylic acids is 1. The van der Waals surface area contributed by atoms with E-state index in [2.05, 4.69) is 10.3 Å². The molecule has 3 rings (SSSR count). The highest BCUT2D eigenvalue weighted by molar-refractivity contribution is 6.04. The molecule has 0 unspecified atom stereocenters. The lowest BCUT2D eigenvalue weighted by atomic mass is 10.2. The van der Waals surface area contributed by atoms with Gasteiger partial charge in [0, 0.05) is 31.5 Å². The minimum Gasteiger partial charge on any atom is -0.356 e. The number of benzene rings is 1. The molecule has 0 bridgehead atoms. The van der Waals surface area contributed by atoms with Gasteiger partial charge in [0.2, 0.25) is 5.95 Å². The Labute approximate surface area is 118 Å². The summed E-state index contributed by atoms with van der Waals surface area (Å²) in [5.41, 5.74) is 1.40. The Morgan fingerprint density at radius 1 is 1.40 bits per heavy atom. The molecule has 1 aliphatic rings. The van der Waals surface area contributed by atoms with Crippen LogP contribution in [0.2, 0.25) is 0 Å². The third-order valence-corrected chi connectivity index (χ3v) is 3.48. The zero-order valence-electron chi connectivity index (χ0n) is 11.5. The Bertz CT molecular complexity index is 582. The summed E-state index contributed by atoms with van der Waals surface area (Å²) in [6.07, 6.45) is 2.91. The maximum Gasteiger partial charge on any atom is 0.278 e. The Hall–Kier alpha value is -2.30. The number of nitrogens with zero attached hydrogens (tertiary/aromatic N) is 3. The summed E-state index contributed by atoms with van der Waals surface area (Å²) in [6.45, 7) is 4.43. The molecule has 0 saturated heterocycles. The van der Waals surface area contributed by atoms with Crippen LogP contribution in [-0.2, 0) is 6.54 Å². The van der Waals surface area contributed by atoms with Gasteiger partial charge in [-0.2, -0.15) is 0 Å². The summed E-state index contributed by atoms with van der Waals surface area (Å²) in [5, 5.41) is 3.22. The Morgan fingerprint density at radius 3 is 2.90 bits per heavy atom. The lowest BCUT2D eigenvalue weighted by molar-refractivity contribution is 0.0984. The van der Waals surface area contributed by atoms with Crippen LogP contribution < -0.4 is 10.2 Å². The molecule has 1 aromatic heterocycles. The lowest BCUT2D eigenvalue weighted by Crippen LogP contribution is -2.30. The van der Waals surface area contributed by atoms with Gasteiger partial charge in [-0.05, 0) is 25.5 Å². The quantitative estimate of drug-likeness (QED) is 0.931. The third-order valence-electron chi connectivity index (χ3n) is 3.48. The molecule has 5 heteroatoms. The Balaban J connectivity index is 1.89. The minimum absolute atomic E-state index is 0.0533. The van der Waals surface area contributed by atoms with E-state index in [0.29, 0.717) is 12.2 Å². The van der Waals surface area contributed by atoms with Crippen molar-refractivity contribution in [2.45, 2.75) is 19.9 Å². The molecular formula is C15H18N4O. The zero-order valence-corrected chi connectivity index (χ0v) is 11.5. The van der Waals surface area contributed by atoms with Gasteiger partial charge in [-0.15, -0.1) is 0 Å². The minimum atomic E-state index is -0.0533. The van der Waals surface area contributed by atoms with Crippen LogP contribution in [0, 0.1) is 0 Å². The predicted molar refractivity (Wildman–Crippen MR) is 79.1 cm³/mol. The summed E-state index contributed by atoms with van der Waals surface area (Å²) in [7, 11) is 0. The fourth-order valence-corrected chi connectivity index (χ4v) is 2.47. The van der Waals surface area contributed by atoms with E-state index in [1.165, 1.54) is 0 Å². The Morgan fingerprint density at radius 2 is 2.20 bits per heavy atom. The van der Waals surface area contributed by atoms with Crippen molar-refractivity contribution in [1.82, 2.24) is 9.55 Å². The van der Waals surface area contributed by atoms with Gasteiger partial charge in [-0.25, -0.2) is 4.98 Å². The first-order chi connectivity index (χ1) is 9.79. The molecule has 104 valence electrons. The molecule has 2 aromatic rings. The number of imidazole rings is 1. The summed E-state index contributed by atoms with van der Waals surface area (Å²) >= 11 is 0. The monoisotopic (exact) mass is 270 g/mol. The number of hydrogen-bond acceptors (Lipinski definition) is 3. The first-order valence-electron chi connectivity index (χ1n) is 6.97. The van der Waals surface area contributed by atoms with E-state index in [1.54, 1.807) is 4.90 Å². The molecule has 0 atom stereocenters. The van der Waals surface area contributed by atoms with Gasteiger partial charge in [0.25, 0.3) is 5.91 Å². The first kappa shape index (κ1) is 12.7. The van der Waals surface area contributed by atoms with Gasteiger partial charge in [0.05, 0.1) is 0 Å². The highest BCUT2D eigenvalue weighted by Crippen LogP contribution is 2.19. The van der Waals surface area contributed by atoms with Crippen molar-refractivity contribution in [3.05, 3.63) is 42.2 Å². The molecule has 5 nitrogen and oxygen atoms in total. The molecule has 1 amide bonds. The molecule has 1 aliphatic heterocycles. The van der Waals surface area contributed by atoms with E-state index in [9.17, 15) is 4.79 Å². The molecule has 20 heavy (non-hydrogen) atoms. The molecule has 0 radical (unpaired) electrons. The molecule has 0 aliphatic carbocycles. The molecular weight excluding hydrogens is 252 g/mol. The van der Waals surface area contributed by atoms with Gasteiger partial charge in [-0.3, -0.25) is 4.79 Å². The number of hydrogen-bond donors (Lipinski definition) is 1. The average Bonchev–Trinajstić information content (AvgIpc) is 2.93. The van der Waals surface area contributed by atoms with E-state index in [0.717, 1.165) is 31.1 Å². The Kier molecular flexibility index (Phi) is 3.41. The molecule has 2 heterocycles. The van der Waals surface area contributed by atoms with E-state index >= 15 is 0 Å². The van der Waals surface area contributed by atoms with Crippen LogP contribution in [-0.4, -0.2) is 28.5 Å². The summed E-state index contributed by atoms with van der Waals surface area (Å²) < 4.78 is 2.01. The smallest absolute Gasteiger partial charge is 0.278 e. The van der Waals surface area contributed by atoms with Gasteiger partial charge < -0.3 is 14.8 Å². The van der Waals surface area contributed by atoms with E-state index < -0.39 is 0 Å². The summed E-state index contributed by atoms with van der Waals surface area (Å²) in [5.74, 6) is 0.742. The highest BCUT2D eigenvalue weighted by Gasteiger charge is 2.21. The number of anilines is 2. The molecule has 0 spiro atoms. The van der Waals surface area contributed by atoms with Crippen LogP contribution in [0.5, 0.6) is 0 Å². The standard InChI is InChI=1S/C15H18N4O/c1-2-19(12-7-4-3-5-8-12)14(20)13-11-18-10-6-9-16-15(18)17-13/h3-5,7-8,11H,2,6,9-10H2,1H3,(H,16,17). The van der Waals surface area contributed by atoms with Crippen LogP contribution in [0.25, 0.3) is 0 Å². The van der Waals surface area contributed by atoms with Crippen LogP contribution in [0.4, 0.5) is 11.6 Å². The van der Waals surface area contributed by atoms with Crippen LogP contribution in [0.15, 0.2) is 36.5 Å². The maximum absolute atomic E-state index is 12.6. The van der Waals surface area contributed by atoms with Gasteiger partial charge in [0.1, 0.15) is 5.69 Å². The van der Waals surface area contributed by atoms with Crippen molar-refractivity contribution < 1.29 is 4.79 Å². The van der Waals surface area contributed by atoms with Crippen molar-refractivity contribution in [1.29, 1.82) is 0 Å². The third kappa shape index (κ3) is 2.27. The number of carbonyl (C=O) groups is 1. The second-order valence-corrected chi connectivity index (χ2v) is 4.81. The fourth-order valence-electron chi connectivity index (χ4n) is 2.47. The topological polar surface area (TPSA) is 50.2 Å². The molecule has 0 saturated carbocycles. The largest absolute Gasteiger partial charge is 0.356 e. The number of rotatable bonds is 3.